The molecule has 0 spiro atoms. The largest absolute Gasteiger partial charge is 0.508 e. The van der Waals surface area contributed by atoms with Crippen molar-refractivity contribution in [1.82, 2.24) is 9.97 Å². The van der Waals surface area contributed by atoms with Crippen molar-refractivity contribution in [1.29, 1.82) is 0 Å². The Morgan fingerprint density at radius 1 is 1.19 bits per heavy atom. The fourth-order valence-corrected chi connectivity index (χ4v) is 6.03. The second kappa shape index (κ2) is 8.52. The highest BCUT2D eigenvalue weighted by Gasteiger charge is 2.48. The molecule has 0 radical (unpaired) electrons. The molecule has 2 N–H and O–H groups in total. The van der Waals surface area contributed by atoms with Crippen molar-refractivity contribution in [2.75, 3.05) is 0 Å². The molecule has 0 bridgehead atoms. The van der Waals surface area contributed by atoms with E-state index in [1.165, 1.54) is 31.2 Å². The van der Waals surface area contributed by atoms with E-state index in [1.807, 2.05) is 18.5 Å². The van der Waals surface area contributed by atoms with E-state index >= 15 is 0 Å². The smallest absolute Gasteiger partial charge is 0.127 e. The molecule has 2 aromatic rings. The molecule has 1 fully saturated rings. The van der Waals surface area contributed by atoms with Crippen molar-refractivity contribution in [3.8, 4) is 11.5 Å². The SMILES string of the molecule is CCCCCCC(C)(C)c1cc(O)c2c(c1)OC(C)(C)C1CC[C@@H](c3ncc[nH]3)CC21. The number of unbranched alkanes of at least 4 members (excludes halogenated alkanes) is 3. The minimum atomic E-state index is -0.234. The van der Waals surface area contributed by atoms with Gasteiger partial charge in [0, 0.05) is 29.8 Å². The van der Waals surface area contributed by atoms with E-state index < -0.39 is 0 Å². The number of aromatic amines is 1. The van der Waals surface area contributed by atoms with Crippen molar-refractivity contribution in [3.05, 3.63) is 41.5 Å². The van der Waals surface area contributed by atoms with Gasteiger partial charge in [0.25, 0.3) is 0 Å². The number of fused-ring (bicyclic) bond motifs is 3. The minimum Gasteiger partial charge on any atom is -0.508 e. The third-order valence-electron chi connectivity index (χ3n) is 7.95. The van der Waals surface area contributed by atoms with Gasteiger partial charge in [0.1, 0.15) is 22.9 Å². The summed E-state index contributed by atoms with van der Waals surface area (Å²) in [7, 11) is 0. The maximum absolute atomic E-state index is 11.2. The van der Waals surface area contributed by atoms with Crippen LogP contribution >= 0.6 is 0 Å². The van der Waals surface area contributed by atoms with Crippen LogP contribution in [0.15, 0.2) is 24.5 Å². The first-order chi connectivity index (χ1) is 14.7. The molecular weight excluding hydrogens is 384 g/mol. The first kappa shape index (κ1) is 22.2. The quantitative estimate of drug-likeness (QED) is 0.462. The number of aromatic nitrogens is 2. The van der Waals surface area contributed by atoms with Gasteiger partial charge in [-0.2, -0.15) is 0 Å². The summed E-state index contributed by atoms with van der Waals surface area (Å²) < 4.78 is 6.59. The summed E-state index contributed by atoms with van der Waals surface area (Å²) in [6, 6.07) is 4.25. The summed E-state index contributed by atoms with van der Waals surface area (Å²) in [4.78, 5) is 7.85. The Morgan fingerprint density at radius 2 is 2.00 bits per heavy atom. The second-order valence-corrected chi connectivity index (χ2v) is 11.0. The molecule has 2 heterocycles. The number of aromatic hydroxyl groups is 1. The van der Waals surface area contributed by atoms with Gasteiger partial charge in [-0.05, 0) is 68.6 Å². The summed E-state index contributed by atoms with van der Waals surface area (Å²) in [6.07, 6.45) is 13.1. The van der Waals surface area contributed by atoms with Crippen molar-refractivity contribution in [2.24, 2.45) is 5.92 Å². The van der Waals surface area contributed by atoms with Gasteiger partial charge in [0.2, 0.25) is 0 Å². The van der Waals surface area contributed by atoms with E-state index in [0.29, 0.717) is 23.5 Å². The van der Waals surface area contributed by atoms with Gasteiger partial charge in [-0.1, -0.05) is 46.5 Å². The lowest BCUT2D eigenvalue weighted by Gasteiger charge is -2.49. The highest BCUT2D eigenvalue weighted by molar-refractivity contribution is 5.53. The average Bonchev–Trinajstić information content (AvgIpc) is 3.25. The molecule has 2 aliphatic rings. The van der Waals surface area contributed by atoms with Crippen LogP contribution in [0.25, 0.3) is 0 Å². The van der Waals surface area contributed by atoms with E-state index in [0.717, 1.165) is 42.8 Å². The lowest BCUT2D eigenvalue weighted by atomic mass is 9.63. The lowest BCUT2D eigenvalue weighted by molar-refractivity contribution is -0.0109. The van der Waals surface area contributed by atoms with Crippen LogP contribution in [0.2, 0.25) is 0 Å². The molecule has 1 saturated carbocycles. The number of rotatable bonds is 7. The molecule has 1 aliphatic heterocycles. The predicted octanol–water partition coefficient (Wildman–Crippen LogP) is 7.20. The monoisotopic (exact) mass is 424 g/mol. The lowest BCUT2D eigenvalue weighted by Crippen LogP contribution is -2.46. The topological polar surface area (TPSA) is 58.1 Å². The van der Waals surface area contributed by atoms with E-state index in [1.54, 1.807) is 0 Å². The summed E-state index contributed by atoms with van der Waals surface area (Å²) in [6.45, 7) is 11.3. The molecule has 2 unspecified atom stereocenters. The van der Waals surface area contributed by atoms with E-state index in [4.69, 9.17) is 4.74 Å². The standard InChI is InChI=1S/C27H40N2O2/c1-6-7-8-9-12-26(2,3)19-16-22(30)24-20-15-18(25-28-13-14-29-25)10-11-21(20)27(4,5)31-23(24)17-19/h13-14,16-18,20-21,30H,6-12,15H2,1-5H3,(H,28,29)/t18-,20?,21?/m1/s1. The van der Waals surface area contributed by atoms with Gasteiger partial charge in [-0.15, -0.1) is 0 Å². The van der Waals surface area contributed by atoms with Crippen LogP contribution < -0.4 is 4.74 Å². The van der Waals surface area contributed by atoms with Gasteiger partial charge in [-0.25, -0.2) is 4.98 Å². The van der Waals surface area contributed by atoms with Gasteiger partial charge in [0.05, 0.1) is 0 Å². The van der Waals surface area contributed by atoms with Gasteiger partial charge in [-0.3, -0.25) is 0 Å². The Labute approximate surface area is 187 Å². The number of ether oxygens (including phenoxy) is 1. The Bertz CT molecular complexity index is 885. The molecule has 1 aromatic heterocycles. The minimum absolute atomic E-state index is 0.0217. The summed E-state index contributed by atoms with van der Waals surface area (Å²) in [5.74, 6) is 3.50. The number of hydrogen-bond donors (Lipinski definition) is 2. The maximum atomic E-state index is 11.2. The number of phenolic OH excluding ortho intramolecular Hbond substituents is 1. The first-order valence-electron chi connectivity index (χ1n) is 12.3. The van der Waals surface area contributed by atoms with Crippen LogP contribution in [0.4, 0.5) is 0 Å². The molecule has 3 atom stereocenters. The Balaban J connectivity index is 1.64. The first-order valence-corrected chi connectivity index (χ1v) is 12.3. The number of hydrogen-bond acceptors (Lipinski definition) is 3. The van der Waals surface area contributed by atoms with Crippen LogP contribution in [-0.4, -0.2) is 20.7 Å². The Hall–Kier alpha value is -1.97. The van der Waals surface area contributed by atoms with Gasteiger partial charge < -0.3 is 14.8 Å². The van der Waals surface area contributed by atoms with Crippen LogP contribution in [0.3, 0.4) is 0 Å². The molecule has 1 aromatic carbocycles. The molecule has 170 valence electrons. The molecule has 4 rings (SSSR count). The third-order valence-corrected chi connectivity index (χ3v) is 7.95. The van der Waals surface area contributed by atoms with Gasteiger partial charge >= 0.3 is 0 Å². The number of imidazole rings is 1. The summed E-state index contributed by atoms with van der Waals surface area (Å²) in [5.41, 5.74) is 2.00. The van der Waals surface area contributed by atoms with Crippen LogP contribution in [-0.2, 0) is 5.41 Å². The number of nitrogens with one attached hydrogen (secondary N) is 1. The summed E-state index contributed by atoms with van der Waals surface area (Å²) >= 11 is 0. The zero-order valence-electron chi connectivity index (χ0n) is 20.0. The van der Waals surface area contributed by atoms with Crippen LogP contribution in [0.5, 0.6) is 11.5 Å². The van der Waals surface area contributed by atoms with Crippen molar-refractivity contribution < 1.29 is 9.84 Å². The van der Waals surface area contributed by atoms with Gasteiger partial charge in [0.15, 0.2) is 0 Å². The Kier molecular flexibility index (Phi) is 6.11. The molecule has 1 aliphatic carbocycles. The molecule has 4 nitrogen and oxygen atoms in total. The second-order valence-electron chi connectivity index (χ2n) is 11.0. The van der Waals surface area contributed by atoms with E-state index in [-0.39, 0.29) is 11.0 Å². The summed E-state index contributed by atoms with van der Waals surface area (Å²) in [5, 5.41) is 11.2. The molecule has 4 heteroatoms. The third kappa shape index (κ3) is 4.36. The highest BCUT2D eigenvalue weighted by atomic mass is 16.5. The van der Waals surface area contributed by atoms with E-state index in [9.17, 15) is 5.11 Å². The fourth-order valence-electron chi connectivity index (χ4n) is 6.03. The number of H-pyrrole nitrogens is 1. The highest BCUT2D eigenvalue weighted by Crippen LogP contribution is 2.57. The number of benzene rings is 1. The predicted molar refractivity (Wildman–Crippen MR) is 126 cm³/mol. The fraction of sp³-hybridized carbons (Fsp3) is 0.667. The zero-order valence-corrected chi connectivity index (χ0v) is 20.0. The van der Waals surface area contributed by atoms with Crippen molar-refractivity contribution >= 4 is 0 Å². The molecule has 31 heavy (non-hydrogen) atoms. The number of phenols is 1. The van der Waals surface area contributed by atoms with Crippen LogP contribution in [0.1, 0.15) is 115 Å². The molecule has 0 saturated heterocycles. The van der Waals surface area contributed by atoms with E-state index in [2.05, 4.69) is 50.7 Å². The van der Waals surface area contributed by atoms with Crippen molar-refractivity contribution in [3.63, 3.8) is 0 Å². The van der Waals surface area contributed by atoms with Crippen molar-refractivity contribution in [2.45, 2.75) is 109 Å². The molecule has 0 amide bonds. The number of nitrogens with zero attached hydrogens (tertiary/aromatic N) is 1. The van der Waals surface area contributed by atoms with Crippen LogP contribution in [0, 0.1) is 5.92 Å². The maximum Gasteiger partial charge on any atom is 0.127 e. The Morgan fingerprint density at radius 3 is 2.71 bits per heavy atom. The normalized spacial score (nSPS) is 24.9. The molecular formula is C27H40N2O2. The zero-order chi connectivity index (χ0) is 22.2. The average molecular weight is 425 g/mol.